The van der Waals surface area contributed by atoms with E-state index in [0.717, 1.165) is 15.8 Å². The predicted octanol–water partition coefficient (Wildman–Crippen LogP) is 2.00. The Kier molecular flexibility index (Phi) is 3.88. The highest BCUT2D eigenvalue weighted by Gasteiger charge is 2.45. The summed E-state index contributed by atoms with van der Waals surface area (Å²) in [6.45, 7) is 0.250. The van der Waals surface area contributed by atoms with Crippen LogP contribution in [0.2, 0.25) is 0 Å². The maximum atomic E-state index is 12.5. The standard InChI is InChI=1S/C14H14BrNO4S/c15-8-1-2-11-9(5-8)10(6-20-11)12(17)16-14(13(18)19)3-4-21-7-14/h1-2,5,10H,3-4,6-7H2,(H,16,17)(H,18,19). The second-order valence-corrected chi connectivity index (χ2v) is 7.25. The van der Waals surface area contributed by atoms with Crippen LogP contribution in [-0.4, -0.2) is 40.6 Å². The summed E-state index contributed by atoms with van der Waals surface area (Å²) >= 11 is 4.93. The van der Waals surface area contributed by atoms with Crippen LogP contribution >= 0.6 is 27.7 Å². The number of ether oxygens (including phenoxy) is 1. The van der Waals surface area contributed by atoms with E-state index in [0.29, 0.717) is 17.9 Å². The van der Waals surface area contributed by atoms with Crippen LogP contribution in [0.15, 0.2) is 22.7 Å². The number of amides is 1. The predicted molar refractivity (Wildman–Crippen MR) is 82.8 cm³/mol. The molecule has 3 rings (SSSR count). The van der Waals surface area contributed by atoms with E-state index in [2.05, 4.69) is 21.2 Å². The third-order valence-corrected chi connectivity index (χ3v) is 5.55. The van der Waals surface area contributed by atoms with E-state index in [9.17, 15) is 14.7 Å². The lowest BCUT2D eigenvalue weighted by Crippen LogP contribution is -2.56. The van der Waals surface area contributed by atoms with Crippen molar-refractivity contribution in [2.45, 2.75) is 17.9 Å². The van der Waals surface area contributed by atoms with E-state index in [-0.39, 0.29) is 12.5 Å². The molecular formula is C14H14BrNO4S. The number of benzene rings is 1. The monoisotopic (exact) mass is 371 g/mol. The van der Waals surface area contributed by atoms with Gasteiger partial charge in [0.25, 0.3) is 0 Å². The Morgan fingerprint density at radius 1 is 1.48 bits per heavy atom. The molecule has 7 heteroatoms. The molecule has 21 heavy (non-hydrogen) atoms. The van der Waals surface area contributed by atoms with Crippen LogP contribution in [-0.2, 0) is 9.59 Å². The van der Waals surface area contributed by atoms with Gasteiger partial charge < -0.3 is 15.2 Å². The molecule has 0 aliphatic carbocycles. The Bertz CT molecular complexity index is 601. The summed E-state index contributed by atoms with van der Waals surface area (Å²) in [5, 5.41) is 12.2. The number of hydrogen-bond acceptors (Lipinski definition) is 4. The summed E-state index contributed by atoms with van der Waals surface area (Å²) in [4.78, 5) is 24.0. The minimum absolute atomic E-state index is 0.250. The molecule has 1 fully saturated rings. The Labute approximate surface area is 134 Å². The van der Waals surface area contributed by atoms with Gasteiger partial charge in [-0.3, -0.25) is 4.79 Å². The minimum atomic E-state index is -1.14. The Morgan fingerprint density at radius 2 is 2.29 bits per heavy atom. The van der Waals surface area contributed by atoms with Crippen LogP contribution in [0.3, 0.4) is 0 Å². The van der Waals surface area contributed by atoms with Crippen LogP contribution < -0.4 is 10.1 Å². The SMILES string of the molecule is O=C(NC1(C(=O)O)CCSC1)C1COc2ccc(Br)cc21. The molecule has 2 unspecified atom stereocenters. The van der Waals surface area contributed by atoms with E-state index in [4.69, 9.17) is 4.74 Å². The molecule has 2 heterocycles. The van der Waals surface area contributed by atoms with Crippen molar-refractivity contribution in [3.63, 3.8) is 0 Å². The molecule has 1 aromatic rings. The van der Waals surface area contributed by atoms with Crippen molar-refractivity contribution >= 4 is 39.6 Å². The number of carboxylic acid groups (broad SMARTS) is 1. The molecule has 2 atom stereocenters. The number of nitrogens with one attached hydrogen (secondary N) is 1. The zero-order valence-corrected chi connectivity index (χ0v) is 13.5. The first-order chi connectivity index (χ1) is 10.0. The first-order valence-corrected chi connectivity index (χ1v) is 8.52. The number of carbonyl (C=O) groups excluding carboxylic acids is 1. The fourth-order valence-electron chi connectivity index (χ4n) is 2.61. The highest BCUT2D eigenvalue weighted by Crippen LogP contribution is 2.37. The number of halogens is 1. The van der Waals surface area contributed by atoms with Gasteiger partial charge in [-0.15, -0.1) is 0 Å². The minimum Gasteiger partial charge on any atom is -0.492 e. The quantitative estimate of drug-likeness (QED) is 0.849. The van der Waals surface area contributed by atoms with E-state index >= 15 is 0 Å². The number of hydrogen-bond donors (Lipinski definition) is 2. The van der Waals surface area contributed by atoms with E-state index in [1.807, 2.05) is 18.2 Å². The lowest BCUT2D eigenvalue weighted by molar-refractivity contribution is -0.146. The molecule has 112 valence electrons. The summed E-state index contributed by atoms with van der Waals surface area (Å²) in [7, 11) is 0. The van der Waals surface area contributed by atoms with Crippen LogP contribution in [0.4, 0.5) is 0 Å². The largest absolute Gasteiger partial charge is 0.492 e. The summed E-state index contributed by atoms with van der Waals surface area (Å²) in [5.74, 6) is 0.136. The van der Waals surface area contributed by atoms with Gasteiger partial charge in [-0.2, -0.15) is 11.8 Å². The maximum absolute atomic E-state index is 12.5. The third-order valence-electron chi connectivity index (χ3n) is 3.86. The smallest absolute Gasteiger partial charge is 0.330 e. The van der Waals surface area contributed by atoms with Gasteiger partial charge in [0.15, 0.2) is 0 Å². The normalized spacial score (nSPS) is 27.0. The number of thioether (sulfide) groups is 1. The fourth-order valence-corrected chi connectivity index (χ4v) is 4.32. The molecule has 0 bridgehead atoms. The van der Waals surface area contributed by atoms with E-state index < -0.39 is 17.4 Å². The molecule has 1 amide bonds. The van der Waals surface area contributed by atoms with Crippen LogP contribution in [0.1, 0.15) is 17.9 Å². The molecule has 1 aromatic carbocycles. The lowest BCUT2D eigenvalue weighted by Gasteiger charge is -2.26. The average Bonchev–Trinajstić information content (AvgIpc) is 3.05. The molecule has 0 aromatic heterocycles. The summed E-state index contributed by atoms with van der Waals surface area (Å²) in [6.07, 6.45) is 0.456. The van der Waals surface area contributed by atoms with Crippen molar-refractivity contribution in [3.8, 4) is 5.75 Å². The van der Waals surface area contributed by atoms with Crippen molar-refractivity contribution in [1.82, 2.24) is 5.32 Å². The van der Waals surface area contributed by atoms with Crippen LogP contribution in [0, 0.1) is 0 Å². The molecule has 0 radical (unpaired) electrons. The molecule has 1 saturated heterocycles. The molecule has 0 saturated carbocycles. The average molecular weight is 372 g/mol. The van der Waals surface area contributed by atoms with Gasteiger partial charge in [0.05, 0.1) is 0 Å². The molecule has 5 nitrogen and oxygen atoms in total. The zero-order valence-electron chi connectivity index (χ0n) is 11.1. The Hall–Kier alpha value is -1.21. The van der Waals surface area contributed by atoms with Crippen LogP contribution in [0.5, 0.6) is 5.75 Å². The Balaban J connectivity index is 1.81. The van der Waals surface area contributed by atoms with Gasteiger partial charge in [-0.1, -0.05) is 15.9 Å². The highest BCUT2D eigenvalue weighted by molar-refractivity contribution is 9.10. The first-order valence-electron chi connectivity index (χ1n) is 6.57. The van der Waals surface area contributed by atoms with Gasteiger partial charge in [0.1, 0.15) is 23.8 Å². The number of aliphatic carboxylic acids is 1. The molecular weight excluding hydrogens is 358 g/mol. The topological polar surface area (TPSA) is 75.6 Å². The third kappa shape index (κ3) is 2.64. The van der Waals surface area contributed by atoms with Crippen molar-refractivity contribution in [3.05, 3.63) is 28.2 Å². The lowest BCUT2D eigenvalue weighted by atomic mass is 9.95. The van der Waals surface area contributed by atoms with Crippen molar-refractivity contribution in [1.29, 1.82) is 0 Å². The molecule has 2 aliphatic rings. The van der Waals surface area contributed by atoms with Crippen molar-refractivity contribution < 1.29 is 19.4 Å². The molecule has 2 N–H and O–H groups in total. The first kappa shape index (κ1) is 14.7. The highest BCUT2D eigenvalue weighted by atomic mass is 79.9. The van der Waals surface area contributed by atoms with Gasteiger partial charge in [0.2, 0.25) is 5.91 Å². The summed E-state index contributed by atoms with van der Waals surface area (Å²) in [5.41, 5.74) is -0.343. The van der Waals surface area contributed by atoms with Crippen LogP contribution in [0.25, 0.3) is 0 Å². The number of carbonyl (C=O) groups is 2. The Morgan fingerprint density at radius 3 is 2.95 bits per heavy atom. The summed E-state index contributed by atoms with van der Waals surface area (Å²) < 4.78 is 6.38. The molecule has 0 spiro atoms. The van der Waals surface area contributed by atoms with Gasteiger partial charge in [0, 0.05) is 15.8 Å². The molecule has 2 aliphatic heterocycles. The number of carboxylic acids is 1. The van der Waals surface area contributed by atoms with Crippen molar-refractivity contribution in [2.24, 2.45) is 0 Å². The zero-order chi connectivity index (χ0) is 15.0. The van der Waals surface area contributed by atoms with Gasteiger partial charge in [-0.05, 0) is 30.4 Å². The maximum Gasteiger partial charge on any atom is 0.330 e. The number of fused-ring (bicyclic) bond motifs is 1. The van der Waals surface area contributed by atoms with E-state index in [1.54, 1.807) is 11.8 Å². The number of rotatable bonds is 3. The second kappa shape index (κ2) is 5.53. The van der Waals surface area contributed by atoms with Crippen molar-refractivity contribution in [2.75, 3.05) is 18.1 Å². The fraction of sp³-hybridized carbons (Fsp3) is 0.429. The van der Waals surface area contributed by atoms with Gasteiger partial charge >= 0.3 is 5.97 Å². The summed E-state index contributed by atoms with van der Waals surface area (Å²) in [6, 6.07) is 5.51. The second-order valence-electron chi connectivity index (χ2n) is 5.22. The van der Waals surface area contributed by atoms with E-state index in [1.165, 1.54) is 0 Å². The van der Waals surface area contributed by atoms with Gasteiger partial charge in [-0.25, -0.2) is 4.79 Å².